The van der Waals surface area contributed by atoms with Crippen molar-refractivity contribution in [2.24, 2.45) is 5.41 Å². The number of carbonyl (C=O) groups excluding carboxylic acids is 1. The van der Waals surface area contributed by atoms with Crippen LogP contribution in [0.25, 0.3) is 11.8 Å². The number of hydrogen-bond acceptors (Lipinski definition) is 4. The van der Waals surface area contributed by atoms with Gasteiger partial charge in [-0.05, 0) is 47.1 Å². The maximum absolute atomic E-state index is 13.5. The van der Waals surface area contributed by atoms with E-state index < -0.39 is 6.10 Å². The number of ketones is 1. The molecular formula is C27H25NO2S. The summed E-state index contributed by atoms with van der Waals surface area (Å²) in [6.07, 6.45) is 3.01. The molecule has 1 aromatic heterocycles. The minimum Gasteiger partial charge on any atom is -0.479 e. The van der Waals surface area contributed by atoms with E-state index in [1.807, 2.05) is 60.7 Å². The number of hydrogen-bond donors (Lipinski definition) is 1. The Labute approximate surface area is 187 Å². The fraction of sp³-hybridized carbons (Fsp3) is 0.222. The number of allylic oxidation sites excluding steroid dienone is 1. The molecule has 0 saturated heterocycles. The van der Waals surface area contributed by atoms with E-state index in [4.69, 9.17) is 4.74 Å². The summed E-state index contributed by atoms with van der Waals surface area (Å²) in [7, 11) is 0. The normalized spacial score (nSPS) is 20.0. The first-order chi connectivity index (χ1) is 15.0. The minimum absolute atomic E-state index is 0.0945. The quantitative estimate of drug-likeness (QED) is 0.484. The van der Waals surface area contributed by atoms with Crippen LogP contribution in [0.5, 0.6) is 0 Å². The Morgan fingerprint density at radius 3 is 2.42 bits per heavy atom. The zero-order valence-electron chi connectivity index (χ0n) is 17.7. The summed E-state index contributed by atoms with van der Waals surface area (Å²) >= 11 is 1.65. The lowest BCUT2D eigenvalue weighted by molar-refractivity contribution is -0.119. The van der Waals surface area contributed by atoms with Crippen LogP contribution in [0.3, 0.4) is 0 Å². The first kappa shape index (κ1) is 19.8. The fourth-order valence-corrected chi connectivity index (χ4v) is 5.32. The summed E-state index contributed by atoms with van der Waals surface area (Å²) in [5.74, 6) is 0.967. The number of fused-ring (bicyclic) bond motifs is 1. The summed E-state index contributed by atoms with van der Waals surface area (Å²) in [4.78, 5) is 14.6. The highest BCUT2D eigenvalue weighted by atomic mass is 32.1. The number of thiophene rings is 1. The molecule has 2 aromatic carbocycles. The van der Waals surface area contributed by atoms with Gasteiger partial charge < -0.3 is 10.1 Å². The van der Waals surface area contributed by atoms with Crippen LogP contribution in [0.4, 0.5) is 5.69 Å². The van der Waals surface area contributed by atoms with Gasteiger partial charge in [0.15, 0.2) is 11.9 Å². The molecule has 1 N–H and O–H groups in total. The lowest BCUT2D eigenvalue weighted by atomic mass is 9.74. The van der Waals surface area contributed by atoms with Gasteiger partial charge in [0.25, 0.3) is 0 Å². The van der Waals surface area contributed by atoms with Crippen LogP contribution in [-0.4, -0.2) is 5.78 Å². The Morgan fingerprint density at radius 2 is 1.68 bits per heavy atom. The van der Waals surface area contributed by atoms with Crippen LogP contribution in [0.2, 0.25) is 0 Å². The van der Waals surface area contributed by atoms with Crippen molar-refractivity contribution >= 4 is 34.6 Å². The van der Waals surface area contributed by atoms with Gasteiger partial charge in [-0.2, -0.15) is 0 Å². The van der Waals surface area contributed by atoms with Crippen LogP contribution < -0.4 is 5.32 Å². The lowest BCUT2D eigenvalue weighted by Gasteiger charge is -2.36. The highest BCUT2D eigenvalue weighted by Crippen LogP contribution is 2.48. The van der Waals surface area contributed by atoms with Gasteiger partial charge in [0, 0.05) is 23.4 Å². The molecule has 1 unspecified atom stereocenters. The summed E-state index contributed by atoms with van der Waals surface area (Å²) < 4.78 is 6.56. The third-order valence-electron chi connectivity index (χ3n) is 5.81. The number of para-hydroxylation sites is 1. The SMILES string of the molecule is CC1(C)CC(=O)C(C2OC(c3ccccc3)=Cc3ccsc32)=C(Nc2ccccc2)C1. The largest absolute Gasteiger partial charge is 0.479 e. The molecule has 0 radical (unpaired) electrons. The van der Waals surface area contributed by atoms with Crippen LogP contribution in [0.15, 0.2) is 83.4 Å². The standard InChI is InChI=1S/C27H25NO2S/c1-27(2)16-21(28-20-11-7-4-8-12-20)24(22(29)17-27)25-26-19(13-14-31-26)15-23(30-25)18-9-5-3-6-10-18/h3-15,25,28H,16-17H2,1-2H3. The second-order valence-corrected chi connectivity index (χ2v) is 9.88. The molecule has 0 bridgehead atoms. The number of nitrogens with one attached hydrogen (secondary N) is 1. The summed E-state index contributed by atoms with van der Waals surface area (Å²) in [6.45, 7) is 4.31. The molecule has 156 valence electrons. The first-order valence-corrected chi connectivity index (χ1v) is 11.5. The molecule has 3 nitrogen and oxygen atoms in total. The summed E-state index contributed by atoms with van der Waals surface area (Å²) in [5.41, 5.74) is 4.76. The molecule has 3 aromatic rings. The van der Waals surface area contributed by atoms with Crippen LogP contribution >= 0.6 is 11.3 Å². The second kappa shape index (κ2) is 7.86. The molecular weight excluding hydrogens is 402 g/mol. The van der Waals surface area contributed by atoms with Crippen LogP contribution in [-0.2, 0) is 9.53 Å². The van der Waals surface area contributed by atoms with Crippen molar-refractivity contribution in [1.29, 1.82) is 0 Å². The van der Waals surface area contributed by atoms with Gasteiger partial charge in [0.05, 0.1) is 10.5 Å². The van der Waals surface area contributed by atoms with Crippen molar-refractivity contribution in [2.45, 2.75) is 32.8 Å². The average molecular weight is 428 g/mol. The molecule has 2 heterocycles. The van der Waals surface area contributed by atoms with Crippen molar-refractivity contribution in [2.75, 3.05) is 5.32 Å². The molecule has 0 spiro atoms. The Bertz CT molecular complexity index is 1170. The van der Waals surface area contributed by atoms with Gasteiger partial charge >= 0.3 is 0 Å². The predicted molar refractivity (Wildman–Crippen MR) is 128 cm³/mol. The Morgan fingerprint density at radius 1 is 0.968 bits per heavy atom. The van der Waals surface area contributed by atoms with Crippen LogP contribution in [0, 0.1) is 5.41 Å². The monoisotopic (exact) mass is 427 g/mol. The molecule has 4 heteroatoms. The predicted octanol–water partition coefficient (Wildman–Crippen LogP) is 7.07. The number of Topliss-reactive ketones (excluding diaryl/α,β-unsaturated/α-hetero) is 1. The minimum atomic E-state index is -0.398. The Kier molecular flexibility index (Phi) is 5.03. The number of ether oxygens (including phenoxy) is 1. The van der Waals surface area contributed by atoms with Gasteiger partial charge in [-0.3, -0.25) is 4.79 Å². The zero-order valence-corrected chi connectivity index (χ0v) is 18.5. The second-order valence-electron chi connectivity index (χ2n) is 8.94. The molecule has 1 aliphatic heterocycles. The zero-order chi connectivity index (χ0) is 21.4. The average Bonchev–Trinajstić information content (AvgIpc) is 3.23. The van der Waals surface area contributed by atoms with Gasteiger partial charge in [0.1, 0.15) is 5.76 Å². The molecule has 0 saturated carbocycles. The topological polar surface area (TPSA) is 38.3 Å². The van der Waals surface area contributed by atoms with Crippen molar-refractivity contribution in [3.05, 3.63) is 99.4 Å². The van der Waals surface area contributed by atoms with Gasteiger partial charge in [-0.15, -0.1) is 11.3 Å². The molecule has 5 rings (SSSR count). The van der Waals surface area contributed by atoms with Gasteiger partial charge in [0.2, 0.25) is 0 Å². The highest BCUT2D eigenvalue weighted by molar-refractivity contribution is 7.10. The van der Waals surface area contributed by atoms with E-state index in [0.717, 1.165) is 45.1 Å². The lowest BCUT2D eigenvalue weighted by Crippen LogP contribution is -2.31. The maximum Gasteiger partial charge on any atom is 0.165 e. The van der Waals surface area contributed by atoms with Crippen molar-refractivity contribution in [3.8, 4) is 0 Å². The first-order valence-electron chi connectivity index (χ1n) is 10.6. The Hall–Kier alpha value is -3.11. The summed E-state index contributed by atoms with van der Waals surface area (Å²) in [6, 6.07) is 22.3. The van der Waals surface area contributed by atoms with Crippen molar-refractivity contribution in [3.63, 3.8) is 0 Å². The van der Waals surface area contributed by atoms with E-state index >= 15 is 0 Å². The third-order valence-corrected chi connectivity index (χ3v) is 6.78. The van der Waals surface area contributed by atoms with Crippen molar-refractivity contribution in [1.82, 2.24) is 0 Å². The smallest absolute Gasteiger partial charge is 0.165 e. The molecule has 0 amide bonds. The Balaban J connectivity index is 1.61. The number of anilines is 1. The van der Waals surface area contributed by atoms with E-state index in [0.29, 0.717) is 6.42 Å². The van der Waals surface area contributed by atoms with E-state index in [2.05, 4.69) is 36.7 Å². The van der Waals surface area contributed by atoms with E-state index in [1.165, 1.54) is 0 Å². The van der Waals surface area contributed by atoms with Gasteiger partial charge in [-0.1, -0.05) is 62.4 Å². The molecule has 31 heavy (non-hydrogen) atoms. The number of rotatable bonds is 4. The molecule has 2 aliphatic rings. The van der Waals surface area contributed by atoms with Crippen molar-refractivity contribution < 1.29 is 9.53 Å². The van der Waals surface area contributed by atoms with E-state index in [1.54, 1.807) is 11.3 Å². The highest BCUT2D eigenvalue weighted by Gasteiger charge is 2.40. The number of benzene rings is 2. The molecule has 1 aliphatic carbocycles. The third kappa shape index (κ3) is 3.96. The fourth-order valence-electron chi connectivity index (χ4n) is 4.41. The van der Waals surface area contributed by atoms with E-state index in [9.17, 15) is 4.79 Å². The van der Waals surface area contributed by atoms with E-state index in [-0.39, 0.29) is 11.2 Å². The number of carbonyl (C=O) groups is 1. The summed E-state index contributed by atoms with van der Waals surface area (Å²) in [5, 5.41) is 5.63. The molecule has 1 atom stereocenters. The van der Waals surface area contributed by atoms with Gasteiger partial charge in [-0.25, -0.2) is 0 Å². The maximum atomic E-state index is 13.5. The van der Waals surface area contributed by atoms with Crippen LogP contribution in [0.1, 0.15) is 48.8 Å². The molecule has 0 fully saturated rings.